The van der Waals surface area contributed by atoms with Gasteiger partial charge in [0.15, 0.2) is 5.13 Å². The van der Waals surface area contributed by atoms with Crippen molar-refractivity contribution >= 4 is 26.5 Å². The second-order valence-electron chi connectivity index (χ2n) is 4.07. The molecule has 1 aromatic heterocycles. The summed E-state index contributed by atoms with van der Waals surface area (Å²) in [6.45, 7) is 2.11. The van der Waals surface area contributed by atoms with Crippen LogP contribution in [0.5, 0.6) is 5.75 Å². The fourth-order valence-electron chi connectivity index (χ4n) is 1.63. The van der Waals surface area contributed by atoms with E-state index >= 15 is 0 Å². The minimum absolute atomic E-state index is 0.0517. The minimum atomic E-state index is -3.76. The zero-order chi connectivity index (χ0) is 14.8. The molecule has 108 valence electrons. The van der Waals surface area contributed by atoms with Crippen LogP contribution in [0.15, 0.2) is 29.3 Å². The third-order valence-electron chi connectivity index (χ3n) is 2.60. The van der Waals surface area contributed by atoms with Gasteiger partial charge in [0.25, 0.3) is 10.0 Å². The summed E-state index contributed by atoms with van der Waals surface area (Å²) in [6, 6.07) is 4.82. The van der Waals surface area contributed by atoms with E-state index in [0.717, 1.165) is 4.88 Å². The predicted octanol–water partition coefficient (Wildman–Crippen LogP) is 1.72. The van der Waals surface area contributed by atoms with Gasteiger partial charge in [0.05, 0.1) is 7.11 Å². The summed E-state index contributed by atoms with van der Waals surface area (Å²) >= 11 is 1.27. The molecule has 0 bridgehead atoms. The third kappa shape index (κ3) is 3.09. The molecule has 0 aliphatic carbocycles. The molecule has 0 amide bonds. The van der Waals surface area contributed by atoms with Gasteiger partial charge in [0.1, 0.15) is 10.6 Å². The van der Waals surface area contributed by atoms with Crippen LogP contribution in [-0.4, -0.2) is 20.5 Å². The lowest BCUT2D eigenvalue weighted by molar-refractivity contribution is 0.402. The molecule has 0 saturated carbocycles. The van der Waals surface area contributed by atoms with Crippen molar-refractivity contribution in [2.75, 3.05) is 11.8 Å². The number of methoxy groups -OCH3 is 1. The lowest BCUT2D eigenvalue weighted by atomic mass is 10.2. The number of nitrogens with one attached hydrogen (secondary N) is 1. The number of hydrogen-bond donors (Lipinski definition) is 2. The van der Waals surface area contributed by atoms with Crippen molar-refractivity contribution in [1.82, 2.24) is 4.98 Å². The molecule has 1 aromatic carbocycles. The standard InChI is InChI=1S/C12H15N3O3S2/c1-8-7-14-12(19-8)15-20(16,17)11-5-9(6-13)3-4-10(11)18-2/h3-5,7H,6,13H2,1-2H3,(H,14,15). The van der Waals surface area contributed by atoms with Gasteiger partial charge in [-0.05, 0) is 24.6 Å². The zero-order valence-electron chi connectivity index (χ0n) is 11.1. The molecule has 6 nitrogen and oxygen atoms in total. The molecule has 8 heteroatoms. The van der Waals surface area contributed by atoms with Crippen LogP contribution in [0, 0.1) is 6.92 Å². The van der Waals surface area contributed by atoms with Gasteiger partial charge in [-0.25, -0.2) is 13.4 Å². The maximum Gasteiger partial charge on any atom is 0.267 e. The largest absolute Gasteiger partial charge is 0.495 e. The number of nitrogens with zero attached hydrogens (tertiary/aromatic N) is 1. The fourth-order valence-corrected chi connectivity index (χ4v) is 3.76. The number of nitrogens with two attached hydrogens (primary N) is 1. The first-order chi connectivity index (χ1) is 9.46. The van der Waals surface area contributed by atoms with E-state index in [1.165, 1.54) is 24.5 Å². The first kappa shape index (κ1) is 14.8. The summed E-state index contributed by atoms with van der Waals surface area (Å²) in [5.74, 6) is 0.267. The Morgan fingerprint density at radius 2 is 2.20 bits per heavy atom. The molecule has 1 heterocycles. The average molecular weight is 313 g/mol. The monoisotopic (exact) mass is 313 g/mol. The molecule has 2 aromatic rings. The smallest absolute Gasteiger partial charge is 0.267 e. The summed E-state index contributed by atoms with van der Waals surface area (Å²) < 4.78 is 32.3. The van der Waals surface area contributed by atoms with Crippen molar-refractivity contribution < 1.29 is 13.2 Å². The summed E-state index contributed by atoms with van der Waals surface area (Å²) in [6.07, 6.45) is 1.61. The first-order valence-corrected chi connectivity index (χ1v) is 8.08. The molecular weight excluding hydrogens is 298 g/mol. The maximum absolute atomic E-state index is 12.4. The van der Waals surface area contributed by atoms with Crippen LogP contribution in [0.25, 0.3) is 0 Å². The van der Waals surface area contributed by atoms with Crippen molar-refractivity contribution in [3.8, 4) is 5.75 Å². The number of aromatic nitrogens is 1. The van der Waals surface area contributed by atoms with Gasteiger partial charge in [0, 0.05) is 17.6 Å². The van der Waals surface area contributed by atoms with Crippen LogP contribution in [0.3, 0.4) is 0 Å². The molecule has 0 saturated heterocycles. The molecule has 0 fully saturated rings. The highest BCUT2D eigenvalue weighted by Gasteiger charge is 2.21. The molecule has 0 spiro atoms. The van der Waals surface area contributed by atoms with E-state index in [1.54, 1.807) is 18.3 Å². The third-order valence-corrected chi connectivity index (χ3v) is 4.91. The van der Waals surface area contributed by atoms with E-state index in [4.69, 9.17) is 10.5 Å². The van der Waals surface area contributed by atoms with Gasteiger partial charge in [-0.3, -0.25) is 4.72 Å². The SMILES string of the molecule is COc1ccc(CN)cc1S(=O)(=O)Nc1ncc(C)s1. The van der Waals surface area contributed by atoms with E-state index in [9.17, 15) is 8.42 Å². The summed E-state index contributed by atoms with van der Waals surface area (Å²) in [7, 11) is -2.34. The number of thiazole rings is 1. The number of benzene rings is 1. The van der Waals surface area contributed by atoms with Gasteiger partial charge < -0.3 is 10.5 Å². The van der Waals surface area contributed by atoms with Gasteiger partial charge in [0.2, 0.25) is 0 Å². The number of ether oxygens (including phenoxy) is 1. The van der Waals surface area contributed by atoms with Crippen LogP contribution in [-0.2, 0) is 16.6 Å². The highest BCUT2D eigenvalue weighted by Crippen LogP contribution is 2.28. The van der Waals surface area contributed by atoms with Gasteiger partial charge >= 0.3 is 0 Å². The summed E-state index contributed by atoms with van der Waals surface area (Å²) in [4.78, 5) is 4.96. The number of anilines is 1. The molecular formula is C12H15N3O3S2. The Hall–Kier alpha value is -1.64. The molecule has 2 rings (SSSR count). The second kappa shape index (κ2) is 5.78. The summed E-state index contributed by atoms with van der Waals surface area (Å²) in [5, 5.41) is 0.322. The van der Waals surface area contributed by atoms with E-state index < -0.39 is 10.0 Å². The Kier molecular flexibility index (Phi) is 4.26. The Morgan fingerprint density at radius 3 is 2.75 bits per heavy atom. The Morgan fingerprint density at radius 1 is 1.45 bits per heavy atom. The van der Waals surface area contributed by atoms with Crippen molar-refractivity contribution in [1.29, 1.82) is 0 Å². The average Bonchev–Trinajstić information content (AvgIpc) is 2.82. The lowest BCUT2D eigenvalue weighted by Crippen LogP contribution is -2.14. The Bertz CT molecular complexity index is 710. The van der Waals surface area contributed by atoms with Crippen molar-refractivity contribution in [2.24, 2.45) is 5.73 Å². The van der Waals surface area contributed by atoms with E-state index in [-0.39, 0.29) is 17.2 Å². The highest BCUT2D eigenvalue weighted by atomic mass is 32.2. The molecule has 0 radical (unpaired) electrons. The molecule has 20 heavy (non-hydrogen) atoms. The topological polar surface area (TPSA) is 94.3 Å². The van der Waals surface area contributed by atoms with Gasteiger partial charge in [-0.2, -0.15) is 0 Å². The maximum atomic E-state index is 12.4. The number of rotatable bonds is 5. The van der Waals surface area contributed by atoms with Crippen molar-refractivity contribution in [3.63, 3.8) is 0 Å². The predicted molar refractivity (Wildman–Crippen MR) is 78.5 cm³/mol. The number of sulfonamides is 1. The van der Waals surface area contributed by atoms with Crippen LogP contribution in [0.4, 0.5) is 5.13 Å². The van der Waals surface area contributed by atoms with Gasteiger partial charge in [-0.1, -0.05) is 6.07 Å². The van der Waals surface area contributed by atoms with Crippen LogP contribution < -0.4 is 15.2 Å². The van der Waals surface area contributed by atoms with E-state index in [0.29, 0.717) is 10.7 Å². The second-order valence-corrected chi connectivity index (χ2v) is 6.96. The normalized spacial score (nSPS) is 11.3. The Labute approximate surface area is 121 Å². The highest BCUT2D eigenvalue weighted by molar-refractivity contribution is 7.93. The summed E-state index contributed by atoms with van der Waals surface area (Å²) in [5.41, 5.74) is 6.25. The van der Waals surface area contributed by atoms with Crippen LogP contribution in [0.1, 0.15) is 10.4 Å². The van der Waals surface area contributed by atoms with Crippen molar-refractivity contribution in [2.45, 2.75) is 18.4 Å². The van der Waals surface area contributed by atoms with Crippen molar-refractivity contribution in [3.05, 3.63) is 34.8 Å². The molecule has 0 aliphatic rings. The molecule has 0 atom stereocenters. The van der Waals surface area contributed by atoms with E-state index in [1.807, 2.05) is 6.92 Å². The molecule has 0 aliphatic heterocycles. The fraction of sp³-hybridized carbons (Fsp3) is 0.250. The van der Waals surface area contributed by atoms with E-state index in [2.05, 4.69) is 9.71 Å². The van der Waals surface area contributed by atoms with Crippen LogP contribution >= 0.6 is 11.3 Å². The number of hydrogen-bond acceptors (Lipinski definition) is 6. The quantitative estimate of drug-likeness (QED) is 0.876. The number of aryl methyl sites for hydroxylation is 1. The zero-order valence-corrected chi connectivity index (χ0v) is 12.7. The molecule has 3 N–H and O–H groups in total. The minimum Gasteiger partial charge on any atom is -0.495 e. The Balaban J connectivity index is 2.42. The van der Waals surface area contributed by atoms with Crippen LogP contribution in [0.2, 0.25) is 0 Å². The van der Waals surface area contributed by atoms with Gasteiger partial charge in [-0.15, -0.1) is 11.3 Å². The molecule has 0 unspecified atom stereocenters. The first-order valence-electron chi connectivity index (χ1n) is 5.78. The lowest BCUT2D eigenvalue weighted by Gasteiger charge is -2.11.